The molecule has 2 N–H and O–H groups in total. The number of pyridine rings is 1. The molecule has 1 aromatic carbocycles. The van der Waals surface area contributed by atoms with Gasteiger partial charge in [-0.05, 0) is 67.9 Å². The highest BCUT2D eigenvalue weighted by Crippen LogP contribution is 2.40. The number of ether oxygens (including phenoxy) is 2. The van der Waals surface area contributed by atoms with Crippen LogP contribution in [0.5, 0.6) is 5.75 Å². The molecular formula is C30H34N6O3. The Kier molecular flexibility index (Phi) is 5.13. The first-order valence-electron chi connectivity index (χ1n) is 14.2. The first-order valence-corrected chi connectivity index (χ1v) is 14.2. The van der Waals surface area contributed by atoms with Gasteiger partial charge in [-0.1, -0.05) is 0 Å². The lowest BCUT2D eigenvalue weighted by Gasteiger charge is -2.27. The number of nitrogens with two attached hydrogens (primary N) is 1. The summed E-state index contributed by atoms with van der Waals surface area (Å²) >= 11 is 0. The van der Waals surface area contributed by atoms with E-state index >= 15 is 0 Å². The van der Waals surface area contributed by atoms with Crippen molar-refractivity contribution in [2.24, 2.45) is 24.6 Å². The van der Waals surface area contributed by atoms with E-state index in [1.807, 2.05) is 24.1 Å². The summed E-state index contributed by atoms with van der Waals surface area (Å²) in [7, 11) is 3.68. The Balaban J connectivity index is 1.24. The fourth-order valence-electron chi connectivity index (χ4n) is 6.97. The molecule has 2 aliphatic heterocycles. The molecule has 1 amide bonds. The van der Waals surface area contributed by atoms with E-state index in [1.165, 1.54) is 12.8 Å². The first-order chi connectivity index (χ1) is 19.0. The second-order valence-electron chi connectivity index (χ2n) is 11.9. The Morgan fingerprint density at radius 1 is 1.13 bits per heavy atom. The largest absolute Gasteiger partial charge is 0.494 e. The number of carbonyl (C=O) groups excluding carboxylic acids is 1. The van der Waals surface area contributed by atoms with Crippen molar-refractivity contribution >= 4 is 28.0 Å². The van der Waals surface area contributed by atoms with Gasteiger partial charge >= 0.3 is 0 Å². The molecule has 5 heterocycles. The summed E-state index contributed by atoms with van der Waals surface area (Å²) < 4.78 is 15.7. The number of hydrogen-bond acceptors (Lipinski definition) is 6. The summed E-state index contributed by atoms with van der Waals surface area (Å²) in [6, 6.07) is 10.5. The normalized spacial score (nSPS) is 24.7. The predicted molar refractivity (Wildman–Crippen MR) is 148 cm³/mol. The molecule has 2 saturated heterocycles. The van der Waals surface area contributed by atoms with Crippen LogP contribution >= 0.6 is 0 Å². The standard InChI is InChI=1S/C30H34N6O3/c1-34-27-22(9-19(11-25(27)38-2)30(37)36-13-18-6-8-23(36)26(18)31)33-29(34)24-10-17-5-7-21(20-14-39-15-20)32-28(17)35(24)12-16-3-4-16/h5,7,9-11,16,18,20,23,26H,3-4,6,8,12-15,31H2,1-2H3. The van der Waals surface area contributed by atoms with Crippen molar-refractivity contribution in [3.05, 3.63) is 41.6 Å². The molecule has 202 valence electrons. The van der Waals surface area contributed by atoms with E-state index in [0.29, 0.717) is 29.1 Å². The van der Waals surface area contributed by atoms with Crippen LogP contribution in [0, 0.1) is 11.8 Å². The van der Waals surface area contributed by atoms with Crippen LogP contribution in [0.15, 0.2) is 30.3 Å². The fourth-order valence-corrected chi connectivity index (χ4v) is 6.97. The number of rotatable bonds is 6. The third-order valence-corrected chi connectivity index (χ3v) is 9.50. The maximum Gasteiger partial charge on any atom is 0.254 e. The molecule has 9 heteroatoms. The summed E-state index contributed by atoms with van der Waals surface area (Å²) in [6.45, 7) is 3.15. The van der Waals surface area contributed by atoms with Crippen LogP contribution in [0.25, 0.3) is 33.6 Å². The van der Waals surface area contributed by atoms with Crippen molar-refractivity contribution in [1.29, 1.82) is 0 Å². The summed E-state index contributed by atoms with van der Waals surface area (Å²) in [5.41, 5.74) is 11.8. The molecule has 39 heavy (non-hydrogen) atoms. The number of fused-ring (bicyclic) bond motifs is 4. The zero-order chi connectivity index (χ0) is 26.4. The smallest absolute Gasteiger partial charge is 0.254 e. The molecule has 4 aliphatic rings. The number of carbonyl (C=O) groups is 1. The van der Waals surface area contributed by atoms with Crippen molar-refractivity contribution in [3.8, 4) is 17.3 Å². The van der Waals surface area contributed by atoms with Crippen LogP contribution in [0.2, 0.25) is 0 Å². The van der Waals surface area contributed by atoms with Crippen molar-refractivity contribution < 1.29 is 14.3 Å². The van der Waals surface area contributed by atoms with E-state index in [1.54, 1.807) is 7.11 Å². The van der Waals surface area contributed by atoms with Gasteiger partial charge in [0.05, 0.1) is 37.2 Å². The molecule has 0 spiro atoms. The van der Waals surface area contributed by atoms with Gasteiger partial charge in [0.15, 0.2) is 5.82 Å². The van der Waals surface area contributed by atoms with Gasteiger partial charge in [-0.25, -0.2) is 9.97 Å². The second kappa shape index (κ2) is 8.53. The molecule has 0 radical (unpaired) electrons. The lowest BCUT2D eigenvalue weighted by molar-refractivity contribution is 0.00682. The number of aromatic nitrogens is 4. The zero-order valence-corrected chi connectivity index (χ0v) is 22.5. The molecule has 3 unspecified atom stereocenters. The van der Waals surface area contributed by atoms with Crippen LogP contribution in [0.3, 0.4) is 0 Å². The topological polar surface area (TPSA) is 100 Å². The van der Waals surface area contributed by atoms with Crippen LogP contribution in [-0.4, -0.2) is 68.9 Å². The zero-order valence-electron chi connectivity index (χ0n) is 22.5. The Morgan fingerprint density at radius 3 is 2.64 bits per heavy atom. The van der Waals surface area contributed by atoms with E-state index in [-0.39, 0.29) is 18.0 Å². The third-order valence-electron chi connectivity index (χ3n) is 9.50. The highest BCUT2D eigenvalue weighted by atomic mass is 16.5. The van der Waals surface area contributed by atoms with Gasteiger partial charge in [0, 0.05) is 49.1 Å². The van der Waals surface area contributed by atoms with Gasteiger partial charge in [-0.3, -0.25) is 4.79 Å². The van der Waals surface area contributed by atoms with Gasteiger partial charge < -0.3 is 29.2 Å². The third kappa shape index (κ3) is 3.55. The van der Waals surface area contributed by atoms with E-state index in [0.717, 1.165) is 78.4 Å². The minimum atomic E-state index is 0.0182. The first kappa shape index (κ1) is 23.5. The van der Waals surface area contributed by atoms with E-state index < -0.39 is 0 Å². The molecule has 3 aromatic heterocycles. The Bertz CT molecular complexity index is 1630. The summed E-state index contributed by atoms with van der Waals surface area (Å²) in [5, 5.41) is 1.12. The summed E-state index contributed by atoms with van der Waals surface area (Å²) in [5.74, 6) is 2.98. The van der Waals surface area contributed by atoms with Gasteiger partial charge in [-0.2, -0.15) is 0 Å². The number of methoxy groups -OCH3 is 1. The van der Waals surface area contributed by atoms with Crippen molar-refractivity contribution in [2.45, 2.75) is 50.2 Å². The summed E-state index contributed by atoms with van der Waals surface area (Å²) in [6.07, 6.45) is 4.60. The minimum absolute atomic E-state index is 0.0182. The van der Waals surface area contributed by atoms with Gasteiger partial charge in [0.25, 0.3) is 5.91 Å². The summed E-state index contributed by atoms with van der Waals surface area (Å²) in [4.78, 5) is 25.8. The van der Waals surface area contributed by atoms with Gasteiger partial charge in [-0.15, -0.1) is 0 Å². The number of piperidine rings is 1. The molecule has 4 aromatic rings. The number of amides is 1. The maximum absolute atomic E-state index is 13.6. The molecule has 2 aliphatic carbocycles. The lowest BCUT2D eigenvalue weighted by atomic mass is 10.0. The molecular weight excluding hydrogens is 492 g/mol. The number of hydrogen-bond donors (Lipinski definition) is 1. The number of likely N-dealkylation sites (tertiary alicyclic amines) is 1. The Labute approximate surface area is 226 Å². The van der Waals surface area contributed by atoms with Crippen LogP contribution in [0.4, 0.5) is 0 Å². The fraction of sp³-hybridized carbons (Fsp3) is 0.500. The van der Waals surface area contributed by atoms with Gasteiger partial charge in [0.2, 0.25) is 0 Å². The molecule has 9 nitrogen and oxygen atoms in total. The molecule has 4 fully saturated rings. The molecule has 2 bridgehead atoms. The highest BCUT2D eigenvalue weighted by Gasteiger charge is 2.47. The SMILES string of the molecule is COc1cc(C(=O)N2CC3CCC2C3N)cc2nc(-c3cc4ccc(C5COC5)nc4n3CC3CC3)n(C)c12. The number of benzene rings is 1. The average Bonchev–Trinajstić information content (AvgIpc) is 3.32. The van der Waals surface area contributed by atoms with E-state index in [9.17, 15) is 4.79 Å². The van der Waals surface area contributed by atoms with Crippen LogP contribution < -0.4 is 10.5 Å². The van der Waals surface area contributed by atoms with E-state index in [2.05, 4.69) is 27.3 Å². The number of nitrogens with zero attached hydrogens (tertiary/aromatic N) is 5. The maximum atomic E-state index is 13.6. The monoisotopic (exact) mass is 526 g/mol. The quantitative estimate of drug-likeness (QED) is 0.411. The predicted octanol–water partition coefficient (Wildman–Crippen LogP) is 3.68. The Morgan fingerprint density at radius 2 is 1.97 bits per heavy atom. The Hall–Kier alpha value is -3.43. The highest BCUT2D eigenvalue weighted by molar-refractivity contribution is 6.00. The molecule has 3 atom stereocenters. The molecule has 2 saturated carbocycles. The van der Waals surface area contributed by atoms with Crippen LogP contribution in [0.1, 0.15) is 47.7 Å². The second-order valence-corrected chi connectivity index (χ2v) is 11.9. The van der Waals surface area contributed by atoms with Crippen molar-refractivity contribution in [2.75, 3.05) is 26.9 Å². The lowest BCUT2D eigenvalue weighted by Crippen LogP contribution is -2.41. The van der Waals surface area contributed by atoms with Crippen molar-refractivity contribution in [1.82, 2.24) is 24.0 Å². The van der Waals surface area contributed by atoms with Gasteiger partial charge in [0.1, 0.15) is 16.9 Å². The van der Waals surface area contributed by atoms with Crippen LogP contribution in [-0.2, 0) is 18.3 Å². The average molecular weight is 527 g/mol. The van der Waals surface area contributed by atoms with Crippen molar-refractivity contribution in [3.63, 3.8) is 0 Å². The number of imidazole rings is 1. The van der Waals surface area contributed by atoms with E-state index in [4.69, 9.17) is 25.2 Å². The number of aryl methyl sites for hydroxylation is 1. The minimum Gasteiger partial charge on any atom is -0.494 e. The molecule has 8 rings (SSSR count).